The molecule has 0 rings (SSSR count). The molecule has 0 saturated carbocycles. The fourth-order valence-corrected chi connectivity index (χ4v) is 0. The summed E-state index contributed by atoms with van der Waals surface area (Å²) in [5.74, 6) is 0. The molecule has 0 amide bonds. The van der Waals surface area contributed by atoms with E-state index >= 15 is 0 Å². The second kappa shape index (κ2) is 5.99. The molecular weight excluding hydrogens is 518 g/mol. The van der Waals surface area contributed by atoms with Gasteiger partial charge in [-0.15, -0.1) is 0 Å². The minimum atomic E-state index is -6.17. The summed E-state index contributed by atoms with van der Waals surface area (Å²) in [6.45, 7) is 0. The van der Waals surface area contributed by atoms with Crippen LogP contribution in [0.15, 0.2) is 0 Å². The van der Waals surface area contributed by atoms with Gasteiger partial charge < -0.3 is 0 Å². The van der Waals surface area contributed by atoms with Crippen molar-refractivity contribution in [3.63, 3.8) is 0 Å². The van der Waals surface area contributed by atoms with Crippen LogP contribution in [0.25, 0.3) is 0 Å². The summed E-state index contributed by atoms with van der Waals surface area (Å²) in [5, 5.41) is 0. The van der Waals surface area contributed by atoms with Crippen molar-refractivity contribution in [2.45, 2.75) is 0 Å². The van der Waals surface area contributed by atoms with E-state index in [1.807, 2.05) is 0 Å². The van der Waals surface area contributed by atoms with Gasteiger partial charge in [0.05, 0.1) is 0 Å². The van der Waals surface area contributed by atoms with Gasteiger partial charge in [-0.2, -0.15) is 0 Å². The van der Waals surface area contributed by atoms with Crippen LogP contribution in [0.2, 0.25) is 0 Å². The van der Waals surface area contributed by atoms with Crippen LogP contribution in [0.5, 0.6) is 0 Å². The second-order valence-corrected chi connectivity index (χ2v) is 4.12. The quantitative estimate of drug-likeness (QED) is 0.342. The summed E-state index contributed by atoms with van der Waals surface area (Å²) in [7, 11) is 0. The predicted octanol–water partition coefficient (Wildman–Crippen LogP) is -2.86. The Morgan fingerprint density at radius 3 is 1.12 bits per heavy atom. The normalized spacial score (nSPS) is 8.25. The molecule has 0 heterocycles. The van der Waals surface area contributed by atoms with Crippen LogP contribution in [-0.4, -0.2) is 0 Å². The molecule has 0 atom stereocenters. The molecule has 8 heavy (non-hydrogen) atoms. The molecule has 0 aliphatic heterocycles. The number of hydrogen-bond acceptors (Lipinski definition) is 6. The van der Waals surface area contributed by atoms with Crippen LogP contribution in [0, 0.1) is 27.8 Å². The Hall–Kier alpha value is 0.860. The number of rotatable bonds is 0. The molecule has 46 valence electrons. The molecule has 0 unspecified atom stereocenters. The third-order valence-corrected chi connectivity index (χ3v) is 0. The van der Waals surface area contributed by atoms with Gasteiger partial charge in [-0.25, -0.2) is 0 Å². The second-order valence-electron chi connectivity index (χ2n) is 0.492. The average molecular weight is 518 g/mol. The first-order valence-electron chi connectivity index (χ1n) is 1.07. The molecule has 0 aromatic carbocycles. The van der Waals surface area contributed by atoms with Crippen molar-refractivity contribution in [3.8, 4) is 0 Å². The van der Waals surface area contributed by atoms with Crippen LogP contribution in [-0.2, 0) is 28.0 Å². The van der Waals surface area contributed by atoms with E-state index in [9.17, 15) is 0 Å². The Morgan fingerprint density at radius 2 is 1.12 bits per heavy atom. The molecule has 6 nitrogen and oxygen atoms in total. The molecule has 0 spiro atoms. The van der Waals surface area contributed by atoms with E-state index in [0.717, 1.165) is 0 Å². The Balaban J connectivity index is 0. The molecule has 0 aromatic rings. The third-order valence-electron chi connectivity index (χ3n) is 0. The Labute approximate surface area is 62.8 Å². The van der Waals surface area contributed by atoms with Crippen molar-refractivity contribution in [3.05, 3.63) is 0 Å². The fourth-order valence-electron chi connectivity index (χ4n) is 0. The average Bonchev–Trinajstić information content (AvgIpc) is 1.27. The first-order valence-corrected chi connectivity index (χ1v) is 9.26. The van der Waals surface area contributed by atoms with Gasteiger partial charge >= 0.3 is 63.4 Å². The Kier molecular flexibility index (Phi) is 8.71. The number of hydrogen-bond donors (Lipinski definition) is 0. The zero-order chi connectivity index (χ0) is 7.21. The summed E-state index contributed by atoms with van der Waals surface area (Å²) in [6.07, 6.45) is 0. The van der Waals surface area contributed by atoms with Crippen molar-refractivity contribution in [2.24, 2.45) is 0 Å². The van der Waals surface area contributed by atoms with Crippen LogP contribution in [0.3, 0.4) is 0 Å². The summed E-state index contributed by atoms with van der Waals surface area (Å²) in [5.41, 5.74) is 0. The van der Waals surface area contributed by atoms with E-state index in [1.165, 1.54) is 0 Å². The van der Waals surface area contributed by atoms with Gasteiger partial charge in [0.1, 0.15) is 0 Å². The van der Waals surface area contributed by atoms with Crippen LogP contribution in [0.4, 0.5) is 0 Å². The minimum absolute atomic E-state index is 2.51. The standard InChI is InChI=1S/6O.U.W/q;;;;2*-1;+2;. The van der Waals surface area contributed by atoms with E-state index < -0.39 is 44.6 Å². The molecule has 0 saturated heterocycles. The first-order chi connectivity index (χ1) is 3.41. The van der Waals surface area contributed by atoms with Crippen molar-refractivity contribution < 1.29 is 63.4 Å². The Bertz CT molecular complexity index is 149. The maximum atomic E-state index is 8.65. The molecule has 0 radical (unpaired) electrons. The third kappa shape index (κ3) is 318. The van der Waals surface area contributed by atoms with Crippen molar-refractivity contribution in [1.29, 1.82) is 0 Å². The maximum absolute atomic E-state index is 8.65. The van der Waals surface area contributed by atoms with Gasteiger partial charge in [0.25, 0.3) is 0 Å². The van der Waals surface area contributed by atoms with Gasteiger partial charge in [0.2, 0.25) is 0 Å². The molecule has 0 aliphatic carbocycles. The van der Waals surface area contributed by atoms with E-state index in [0.29, 0.717) is 0 Å². The molecule has 8 heteroatoms. The van der Waals surface area contributed by atoms with Crippen LogP contribution >= 0.6 is 0 Å². The van der Waals surface area contributed by atoms with E-state index in [2.05, 4.69) is 0 Å². The van der Waals surface area contributed by atoms with Gasteiger partial charge in [-0.1, -0.05) is 0 Å². The van der Waals surface area contributed by atoms with Gasteiger partial charge in [0, 0.05) is 0 Å². The van der Waals surface area contributed by atoms with Gasteiger partial charge in [-0.3, -0.25) is 0 Å². The topological polar surface area (TPSA) is 114 Å². The zero-order valence-corrected chi connectivity index (χ0v) is 10.5. The van der Waals surface area contributed by atoms with Crippen molar-refractivity contribution in [2.75, 3.05) is 0 Å². The monoisotopic (exact) mass is 518 g/mol. The molecule has 0 fully saturated rings. The fraction of sp³-hybridized carbons (Fsp3) is 0. The van der Waals surface area contributed by atoms with Crippen molar-refractivity contribution in [1.82, 2.24) is 0 Å². The van der Waals surface area contributed by atoms with Crippen molar-refractivity contribution >= 4 is 0 Å². The van der Waals surface area contributed by atoms with Gasteiger partial charge in [-0.05, 0) is 0 Å². The predicted molar refractivity (Wildman–Crippen MR) is 2.75 cm³/mol. The Morgan fingerprint density at radius 1 is 1.12 bits per heavy atom. The van der Waals surface area contributed by atoms with Gasteiger partial charge in [0.15, 0.2) is 0 Å². The summed E-state index contributed by atoms with van der Waals surface area (Å²) in [4.78, 5) is 0. The van der Waals surface area contributed by atoms with Crippen LogP contribution in [0.1, 0.15) is 0 Å². The SMILES string of the molecule is [O]=[U+2]=[O].[O]=[W](=[O])([O-])[O-]. The summed E-state index contributed by atoms with van der Waals surface area (Å²) in [6, 6.07) is 0. The zero-order valence-electron chi connectivity index (χ0n) is 3.36. The first kappa shape index (κ1) is 11.6. The summed E-state index contributed by atoms with van der Waals surface area (Å²) < 4.78 is 51.8. The van der Waals surface area contributed by atoms with E-state index in [-0.39, 0.29) is 0 Å². The summed E-state index contributed by atoms with van der Waals surface area (Å²) >= 11 is -8.67. The molecule has 0 bridgehead atoms. The molecule has 0 aliphatic rings. The van der Waals surface area contributed by atoms with E-state index in [1.54, 1.807) is 0 Å². The van der Waals surface area contributed by atoms with Crippen LogP contribution < -0.4 is 7.52 Å². The molecule has 0 aromatic heterocycles. The molecule has 0 N–H and O–H groups in total. The molecular formula is O6UW. The van der Waals surface area contributed by atoms with E-state index in [4.69, 9.17) is 18.8 Å².